The van der Waals surface area contributed by atoms with Gasteiger partial charge in [-0.1, -0.05) is 29.8 Å². The average Bonchev–Trinajstić information content (AvgIpc) is 2.47. The summed E-state index contributed by atoms with van der Waals surface area (Å²) in [7, 11) is 0. The maximum atomic E-state index is 12.3. The summed E-state index contributed by atoms with van der Waals surface area (Å²) in [5.41, 5.74) is 0.997. The monoisotopic (exact) mass is 333 g/mol. The second-order valence-electron chi connectivity index (χ2n) is 7.83. The fourth-order valence-electron chi connectivity index (χ4n) is 5.46. The number of hydrogen-bond acceptors (Lipinski definition) is 2. The van der Waals surface area contributed by atoms with Crippen molar-refractivity contribution in [1.82, 2.24) is 5.32 Å². The molecule has 0 saturated heterocycles. The second kappa shape index (κ2) is 6.10. The molecule has 1 amide bonds. The number of halogens is 1. The van der Waals surface area contributed by atoms with Gasteiger partial charge in [-0.3, -0.25) is 4.79 Å². The van der Waals surface area contributed by atoms with E-state index in [4.69, 9.17) is 16.3 Å². The van der Waals surface area contributed by atoms with Crippen LogP contribution in [-0.2, 0) is 16.1 Å². The van der Waals surface area contributed by atoms with Crippen molar-refractivity contribution in [2.24, 2.45) is 17.8 Å². The number of carbonyl (C=O) groups is 1. The molecule has 0 unspecified atom stereocenters. The maximum Gasteiger partial charge on any atom is 0.246 e. The third-order valence-electron chi connectivity index (χ3n) is 5.89. The van der Waals surface area contributed by atoms with Crippen molar-refractivity contribution in [1.29, 1.82) is 0 Å². The van der Waals surface area contributed by atoms with Gasteiger partial charge in [0.05, 0.1) is 6.61 Å². The summed E-state index contributed by atoms with van der Waals surface area (Å²) in [5.74, 6) is 2.54. The largest absolute Gasteiger partial charge is 0.367 e. The van der Waals surface area contributed by atoms with Gasteiger partial charge < -0.3 is 10.1 Å². The van der Waals surface area contributed by atoms with Crippen molar-refractivity contribution in [2.75, 3.05) is 6.61 Å². The summed E-state index contributed by atoms with van der Waals surface area (Å²) in [6.45, 7) is 0.501. The fraction of sp³-hybridized carbons (Fsp3) is 0.632. The van der Waals surface area contributed by atoms with E-state index in [9.17, 15) is 4.79 Å². The zero-order chi connectivity index (χ0) is 15.9. The predicted molar refractivity (Wildman–Crippen MR) is 90.2 cm³/mol. The number of nitrogens with one attached hydrogen (secondary N) is 1. The standard InChI is InChI=1S/C19H24ClNO2/c20-17-4-2-1-3-16(17)11-23-12-18(22)21-19-8-13-5-14(9-19)7-15(6-13)10-19/h1-4,13-15H,5-12H2,(H,21,22). The van der Waals surface area contributed by atoms with Crippen LogP contribution in [0.15, 0.2) is 24.3 Å². The lowest BCUT2D eigenvalue weighted by molar-refractivity contribution is -0.131. The molecule has 1 aromatic rings. The van der Waals surface area contributed by atoms with Gasteiger partial charge in [-0.25, -0.2) is 0 Å². The van der Waals surface area contributed by atoms with Gasteiger partial charge in [0.15, 0.2) is 0 Å². The molecule has 23 heavy (non-hydrogen) atoms. The zero-order valence-corrected chi connectivity index (χ0v) is 14.1. The summed E-state index contributed by atoms with van der Waals surface area (Å²) in [6, 6.07) is 7.60. The van der Waals surface area contributed by atoms with Crippen LogP contribution in [0.3, 0.4) is 0 Å². The number of ether oxygens (including phenoxy) is 1. The minimum absolute atomic E-state index is 0.0269. The van der Waals surface area contributed by atoms with Crippen molar-refractivity contribution >= 4 is 17.5 Å². The molecule has 0 spiro atoms. The van der Waals surface area contributed by atoms with Crippen molar-refractivity contribution in [3.8, 4) is 0 Å². The Balaban J connectivity index is 1.30. The van der Waals surface area contributed by atoms with Crippen LogP contribution >= 0.6 is 11.6 Å². The molecule has 0 aliphatic heterocycles. The van der Waals surface area contributed by atoms with Gasteiger partial charge in [0.2, 0.25) is 5.91 Å². The Kier molecular flexibility index (Phi) is 4.10. The number of benzene rings is 1. The van der Waals surface area contributed by atoms with Gasteiger partial charge in [0, 0.05) is 10.6 Å². The minimum Gasteiger partial charge on any atom is -0.367 e. The molecule has 1 aromatic carbocycles. The van der Waals surface area contributed by atoms with Gasteiger partial charge in [-0.05, 0) is 67.9 Å². The molecule has 0 aromatic heterocycles. The molecular weight excluding hydrogens is 310 g/mol. The lowest BCUT2D eigenvalue weighted by atomic mass is 9.53. The first-order chi connectivity index (χ1) is 11.1. The molecule has 0 heterocycles. The molecular formula is C19H24ClNO2. The molecule has 0 radical (unpaired) electrons. The van der Waals surface area contributed by atoms with E-state index >= 15 is 0 Å². The average molecular weight is 334 g/mol. The minimum atomic E-state index is 0.0269. The van der Waals surface area contributed by atoms with E-state index < -0.39 is 0 Å². The SMILES string of the molecule is O=C(COCc1ccccc1Cl)NC12CC3CC(CC(C3)C1)C2. The first-order valence-electron chi connectivity index (χ1n) is 8.74. The molecule has 3 nitrogen and oxygen atoms in total. The number of rotatable bonds is 5. The van der Waals surface area contributed by atoms with Crippen LogP contribution in [0.1, 0.15) is 44.1 Å². The third-order valence-corrected chi connectivity index (χ3v) is 6.26. The molecule has 124 valence electrons. The van der Waals surface area contributed by atoms with Crippen molar-refractivity contribution in [3.63, 3.8) is 0 Å². The van der Waals surface area contributed by atoms with Crippen LogP contribution in [-0.4, -0.2) is 18.1 Å². The summed E-state index contributed by atoms with van der Waals surface area (Å²) < 4.78 is 5.58. The van der Waals surface area contributed by atoms with E-state index in [0.29, 0.717) is 11.6 Å². The van der Waals surface area contributed by atoms with E-state index in [2.05, 4.69) is 5.32 Å². The van der Waals surface area contributed by atoms with Crippen LogP contribution in [0, 0.1) is 17.8 Å². The first kappa shape index (κ1) is 15.5. The Hall–Kier alpha value is -1.06. The highest BCUT2D eigenvalue weighted by Gasteiger charge is 2.51. The van der Waals surface area contributed by atoms with E-state index in [-0.39, 0.29) is 18.1 Å². The molecule has 4 heteroatoms. The van der Waals surface area contributed by atoms with E-state index in [0.717, 1.165) is 23.3 Å². The molecule has 4 saturated carbocycles. The maximum absolute atomic E-state index is 12.3. The predicted octanol–water partition coefficient (Wildman–Crippen LogP) is 3.94. The van der Waals surface area contributed by atoms with E-state index in [1.54, 1.807) is 0 Å². The summed E-state index contributed by atoms with van der Waals surface area (Å²) in [5, 5.41) is 4.02. The Bertz CT molecular complexity index is 566. The van der Waals surface area contributed by atoms with E-state index in [1.807, 2.05) is 24.3 Å². The Morgan fingerprint density at radius 1 is 1.13 bits per heavy atom. The topological polar surface area (TPSA) is 38.3 Å². The molecule has 4 bridgehead atoms. The van der Waals surface area contributed by atoms with Gasteiger partial charge in [0.1, 0.15) is 6.61 Å². The molecule has 4 aliphatic rings. The molecule has 5 rings (SSSR count). The number of carbonyl (C=O) groups excluding carboxylic acids is 1. The molecule has 4 fully saturated rings. The Morgan fingerprint density at radius 2 is 1.74 bits per heavy atom. The van der Waals surface area contributed by atoms with E-state index in [1.165, 1.54) is 38.5 Å². The number of hydrogen-bond donors (Lipinski definition) is 1. The highest BCUT2D eigenvalue weighted by molar-refractivity contribution is 6.31. The summed E-state index contributed by atoms with van der Waals surface area (Å²) >= 11 is 6.10. The van der Waals surface area contributed by atoms with Gasteiger partial charge in [0.25, 0.3) is 0 Å². The van der Waals surface area contributed by atoms with Gasteiger partial charge >= 0.3 is 0 Å². The lowest BCUT2D eigenvalue weighted by Crippen LogP contribution is -2.60. The van der Waals surface area contributed by atoms with Gasteiger partial charge in [-0.2, -0.15) is 0 Å². The summed E-state index contributed by atoms with van der Waals surface area (Å²) in [4.78, 5) is 12.3. The van der Waals surface area contributed by atoms with Crippen LogP contribution < -0.4 is 5.32 Å². The van der Waals surface area contributed by atoms with Crippen molar-refractivity contribution in [2.45, 2.75) is 50.7 Å². The smallest absolute Gasteiger partial charge is 0.246 e. The third kappa shape index (κ3) is 3.27. The van der Waals surface area contributed by atoms with Crippen LogP contribution in [0.2, 0.25) is 5.02 Å². The molecule has 1 N–H and O–H groups in total. The zero-order valence-electron chi connectivity index (χ0n) is 13.4. The second-order valence-corrected chi connectivity index (χ2v) is 8.24. The Labute approximate surface area is 142 Å². The lowest BCUT2D eigenvalue weighted by Gasteiger charge is -2.56. The Morgan fingerprint density at radius 3 is 2.35 bits per heavy atom. The normalized spacial score (nSPS) is 34.6. The van der Waals surface area contributed by atoms with Crippen LogP contribution in [0.4, 0.5) is 0 Å². The molecule has 0 atom stereocenters. The number of amides is 1. The highest BCUT2D eigenvalue weighted by atomic mass is 35.5. The van der Waals surface area contributed by atoms with Crippen LogP contribution in [0.25, 0.3) is 0 Å². The first-order valence-corrected chi connectivity index (χ1v) is 9.12. The van der Waals surface area contributed by atoms with Crippen molar-refractivity contribution < 1.29 is 9.53 Å². The van der Waals surface area contributed by atoms with Gasteiger partial charge in [-0.15, -0.1) is 0 Å². The van der Waals surface area contributed by atoms with Crippen LogP contribution in [0.5, 0.6) is 0 Å². The quantitative estimate of drug-likeness (QED) is 0.886. The summed E-state index contributed by atoms with van der Waals surface area (Å²) in [6.07, 6.45) is 7.69. The highest BCUT2D eigenvalue weighted by Crippen LogP contribution is 2.55. The van der Waals surface area contributed by atoms with Crippen molar-refractivity contribution in [3.05, 3.63) is 34.9 Å². The molecule has 4 aliphatic carbocycles. The fourth-order valence-corrected chi connectivity index (χ4v) is 5.66.